The van der Waals surface area contributed by atoms with Gasteiger partial charge in [-0.25, -0.2) is 0 Å². The number of nitrogens with one attached hydrogen (secondary N) is 1. The number of rotatable bonds is 4. The van der Waals surface area contributed by atoms with Crippen LogP contribution in [0.15, 0.2) is 0 Å². The van der Waals surface area contributed by atoms with Crippen LogP contribution in [0.3, 0.4) is 0 Å². The molecule has 0 aliphatic carbocycles. The molecular weight excluding hydrogens is 351 g/mol. The van der Waals surface area contributed by atoms with Crippen molar-refractivity contribution in [2.75, 3.05) is 59.0 Å². The summed E-state index contributed by atoms with van der Waals surface area (Å²) in [6, 6.07) is 0.709. The van der Waals surface area contributed by atoms with Crippen molar-refractivity contribution < 1.29 is 9.90 Å². The summed E-state index contributed by atoms with van der Waals surface area (Å²) in [4.78, 5) is 19.7. The van der Waals surface area contributed by atoms with Crippen LogP contribution in [0.5, 0.6) is 0 Å². The van der Waals surface area contributed by atoms with Gasteiger partial charge in [-0.3, -0.25) is 14.6 Å². The Balaban J connectivity index is 0.00000144. The summed E-state index contributed by atoms with van der Waals surface area (Å²) in [5, 5.41) is 12.4. The Bertz CT molecular complexity index is 375. The average molecular weight is 383 g/mol. The smallest absolute Gasteiger partial charge is 0.240 e. The lowest BCUT2D eigenvalue weighted by Crippen LogP contribution is -2.56. The van der Waals surface area contributed by atoms with E-state index in [0.29, 0.717) is 11.9 Å². The van der Waals surface area contributed by atoms with Crippen molar-refractivity contribution in [1.82, 2.24) is 20.0 Å². The molecular formula is C16H32Cl2N4O2. The van der Waals surface area contributed by atoms with Gasteiger partial charge < -0.3 is 15.3 Å². The molecule has 0 bridgehead atoms. The number of piperazine rings is 1. The fourth-order valence-corrected chi connectivity index (χ4v) is 4.17. The number of aliphatic hydroxyl groups is 1. The third kappa shape index (κ3) is 5.19. The number of hydrogen-bond donors (Lipinski definition) is 2. The van der Waals surface area contributed by atoms with Crippen LogP contribution in [0.1, 0.15) is 25.7 Å². The Kier molecular flexibility index (Phi) is 9.86. The van der Waals surface area contributed by atoms with Gasteiger partial charge in [0.05, 0.1) is 12.6 Å². The van der Waals surface area contributed by atoms with Crippen molar-refractivity contribution >= 4 is 30.7 Å². The number of piperidine rings is 1. The monoisotopic (exact) mass is 382 g/mol. The number of nitrogens with zero attached hydrogens (tertiary/aromatic N) is 3. The van der Waals surface area contributed by atoms with Crippen LogP contribution in [0.4, 0.5) is 0 Å². The van der Waals surface area contributed by atoms with E-state index in [-0.39, 0.29) is 37.5 Å². The third-order valence-electron chi connectivity index (χ3n) is 5.46. The molecule has 0 aromatic heterocycles. The SMILES string of the molecule is Cl.Cl.O=C([C@@H]1CCCN1C1CCNCC1)N1CCN(CCO)CC1. The van der Waals surface area contributed by atoms with Crippen LogP contribution < -0.4 is 5.32 Å². The molecule has 3 aliphatic rings. The molecule has 3 fully saturated rings. The number of aliphatic hydroxyl groups excluding tert-OH is 1. The van der Waals surface area contributed by atoms with Gasteiger partial charge in [0.15, 0.2) is 0 Å². The van der Waals surface area contributed by atoms with Gasteiger partial charge in [-0.1, -0.05) is 0 Å². The highest BCUT2D eigenvalue weighted by molar-refractivity contribution is 5.85. The highest BCUT2D eigenvalue weighted by Crippen LogP contribution is 2.26. The number of hydrogen-bond acceptors (Lipinski definition) is 5. The Morgan fingerprint density at radius 2 is 1.67 bits per heavy atom. The quantitative estimate of drug-likeness (QED) is 0.726. The second-order valence-electron chi connectivity index (χ2n) is 6.77. The van der Waals surface area contributed by atoms with Gasteiger partial charge in [-0.2, -0.15) is 0 Å². The molecule has 8 heteroatoms. The lowest BCUT2D eigenvalue weighted by molar-refractivity contribution is -0.138. The highest BCUT2D eigenvalue weighted by Gasteiger charge is 2.38. The van der Waals surface area contributed by atoms with Gasteiger partial charge in [0.2, 0.25) is 5.91 Å². The molecule has 1 atom stereocenters. The predicted octanol–water partition coefficient (Wildman–Crippen LogP) is 0.183. The Labute approximate surface area is 157 Å². The van der Waals surface area contributed by atoms with Crippen LogP contribution in [0.2, 0.25) is 0 Å². The molecule has 3 aliphatic heterocycles. The second-order valence-corrected chi connectivity index (χ2v) is 6.77. The standard InChI is InChI=1S/C16H30N4O2.2ClH/c21-13-12-18-8-10-19(11-9-18)16(22)15-2-1-7-20(15)14-3-5-17-6-4-14;;/h14-15,17,21H,1-13H2;2*1H/t15-;;/m0../s1. The van der Waals surface area contributed by atoms with E-state index in [2.05, 4.69) is 20.0 Å². The van der Waals surface area contributed by atoms with Gasteiger partial charge in [0.25, 0.3) is 0 Å². The Morgan fingerprint density at radius 1 is 1.00 bits per heavy atom. The summed E-state index contributed by atoms with van der Waals surface area (Å²) in [7, 11) is 0. The zero-order valence-electron chi connectivity index (χ0n) is 14.4. The molecule has 6 nitrogen and oxygen atoms in total. The molecule has 3 rings (SSSR count). The summed E-state index contributed by atoms with van der Waals surface area (Å²) >= 11 is 0. The number of halogens is 2. The number of β-amino-alcohol motifs (C(OH)–C–C–N with tert-alkyl or cyclic N) is 1. The molecule has 3 heterocycles. The summed E-state index contributed by atoms with van der Waals surface area (Å²) in [5.74, 6) is 0.347. The molecule has 0 unspecified atom stereocenters. The van der Waals surface area contributed by atoms with Crippen LogP contribution in [0.25, 0.3) is 0 Å². The zero-order valence-corrected chi connectivity index (χ0v) is 16.0. The van der Waals surface area contributed by atoms with Crippen molar-refractivity contribution in [3.8, 4) is 0 Å². The first kappa shape index (κ1) is 21.9. The number of carbonyl (C=O) groups is 1. The van der Waals surface area contributed by atoms with E-state index in [9.17, 15) is 4.79 Å². The second kappa shape index (κ2) is 10.8. The molecule has 0 radical (unpaired) electrons. The van der Waals surface area contributed by atoms with Gasteiger partial charge in [0.1, 0.15) is 0 Å². The van der Waals surface area contributed by atoms with E-state index in [1.165, 1.54) is 12.8 Å². The first-order valence-electron chi connectivity index (χ1n) is 8.88. The van der Waals surface area contributed by atoms with E-state index in [1.807, 2.05) is 0 Å². The first-order chi connectivity index (χ1) is 10.8. The van der Waals surface area contributed by atoms with Crippen LogP contribution in [0, 0.1) is 0 Å². The Hall–Kier alpha value is -0.110. The van der Waals surface area contributed by atoms with Crippen LogP contribution in [-0.2, 0) is 4.79 Å². The molecule has 142 valence electrons. The maximum Gasteiger partial charge on any atom is 0.240 e. The molecule has 3 saturated heterocycles. The van der Waals surface area contributed by atoms with E-state index in [0.717, 1.165) is 65.2 Å². The fourth-order valence-electron chi connectivity index (χ4n) is 4.17. The van der Waals surface area contributed by atoms with Crippen molar-refractivity contribution in [2.45, 2.75) is 37.8 Å². The van der Waals surface area contributed by atoms with Crippen molar-refractivity contribution in [2.24, 2.45) is 0 Å². The molecule has 2 N–H and O–H groups in total. The maximum absolute atomic E-state index is 12.9. The highest BCUT2D eigenvalue weighted by atomic mass is 35.5. The molecule has 0 aromatic carbocycles. The molecule has 24 heavy (non-hydrogen) atoms. The summed E-state index contributed by atoms with van der Waals surface area (Å²) in [6.07, 6.45) is 4.53. The predicted molar refractivity (Wildman–Crippen MR) is 100 cm³/mol. The lowest BCUT2D eigenvalue weighted by atomic mass is 10.0. The van der Waals surface area contributed by atoms with E-state index >= 15 is 0 Å². The average Bonchev–Trinajstić information content (AvgIpc) is 3.06. The number of amides is 1. The molecule has 1 amide bonds. The number of likely N-dealkylation sites (tertiary alicyclic amines) is 1. The van der Waals surface area contributed by atoms with E-state index < -0.39 is 0 Å². The van der Waals surface area contributed by atoms with Gasteiger partial charge >= 0.3 is 0 Å². The van der Waals surface area contributed by atoms with Crippen molar-refractivity contribution in [3.05, 3.63) is 0 Å². The minimum Gasteiger partial charge on any atom is -0.395 e. The molecule has 0 spiro atoms. The minimum atomic E-state index is 0. The minimum absolute atomic E-state index is 0. The fraction of sp³-hybridized carbons (Fsp3) is 0.938. The number of carbonyl (C=O) groups excluding carboxylic acids is 1. The first-order valence-corrected chi connectivity index (χ1v) is 8.88. The summed E-state index contributed by atoms with van der Waals surface area (Å²) in [5.41, 5.74) is 0. The van der Waals surface area contributed by atoms with Gasteiger partial charge in [-0.05, 0) is 45.3 Å². The van der Waals surface area contributed by atoms with E-state index in [1.54, 1.807) is 0 Å². The molecule has 0 saturated carbocycles. The van der Waals surface area contributed by atoms with Crippen LogP contribution >= 0.6 is 24.8 Å². The normalized spacial score (nSPS) is 26.7. The van der Waals surface area contributed by atoms with Crippen molar-refractivity contribution in [3.63, 3.8) is 0 Å². The molecule has 0 aromatic rings. The topological polar surface area (TPSA) is 59.1 Å². The van der Waals surface area contributed by atoms with Crippen molar-refractivity contribution in [1.29, 1.82) is 0 Å². The summed E-state index contributed by atoms with van der Waals surface area (Å²) < 4.78 is 0. The maximum atomic E-state index is 12.9. The van der Waals surface area contributed by atoms with Gasteiger partial charge in [0, 0.05) is 38.8 Å². The summed E-state index contributed by atoms with van der Waals surface area (Å²) in [6.45, 7) is 7.62. The largest absolute Gasteiger partial charge is 0.395 e. The van der Waals surface area contributed by atoms with Gasteiger partial charge in [-0.15, -0.1) is 24.8 Å². The lowest BCUT2D eigenvalue weighted by Gasteiger charge is -2.40. The van der Waals surface area contributed by atoms with Crippen LogP contribution in [-0.4, -0.2) is 96.8 Å². The third-order valence-corrected chi connectivity index (χ3v) is 5.46. The van der Waals surface area contributed by atoms with E-state index in [4.69, 9.17) is 5.11 Å². The zero-order chi connectivity index (χ0) is 15.4. The Morgan fingerprint density at radius 3 is 2.29 bits per heavy atom.